The molecule has 1 atom stereocenters. The first-order valence-corrected chi connectivity index (χ1v) is 8.66. The highest BCUT2D eigenvalue weighted by molar-refractivity contribution is 9.10. The van der Waals surface area contributed by atoms with Gasteiger partial charge in [-0.3, -0.25) is 4.79 Å². The third-order valence-corrected chi connectivity index (χ3v) is 5.04. The number of hydrogen-bond donors (Lipinski definition) is 2. The molecule has 7 heteroatoms. The van der Waals surface area contributed by atoms with Crippen LogP contribution in [0.2, 0.25) is 0 Å². The van der Waals surface area contributed by atoms with Gasteiger partial charge in [0, 0.05) is 14.2 Å². The van der Waals surface area contributed by atoms with E-state index in [0.29, 0.717) is 4.88 Å². The van der Waals surface area contributed by atoms with Crippen molar-refractivity contribution in [3.8, 4) is 0 Å². The Morgan fingerprint density at radius 1 is 1.29 bits per heavy atom. The standard InChI is InChI=1S/C14H12BrNO3S2/c15-9-3-5-10(6-4-9)21-8-12(17)16-13(14(18)19)11-2-1-7-20-11/h1-7,13H,8H2,(H,16,17)(H,18,19). The lowest BCUT2D eigenvalue weighted by atomic mass is 10.2. The zero-order valence-electron chi connectivity index (χ0n) is 10.8. The molecule has 1 heterocycles. The molecule has 21 heavy (non-hydrogen) atoms. The summed E-state index contributed by atoms with van der Waals surface area (Å²) in [6.07, 6.45) is 0. The molecule has 2 aromatic rings. The lowest BCUT2D eigenvalue weighted by molar-refractivity contribution is -0.141. The van der Waals surface area contributed by atoms with Crippen molar-refractivity contribution < 1.29 is 14.7 Å². The highest BCUT2D eigenvalue weighted by Crippen LogP contribution is 2.22. The molecule has 0 saturated heterocycles. The van der Waals surface area contributed by atoms with Crippen LogP contribution in [-0.2, 0) is 9.59 Å². The Balaban J connectivity index is 1.91. The maximum absolute atomic E-state index is 11.9. The van der Waals surface area contributed by atoms with Gasteiger partial charge >= 0.3 is 5.97 Å². The Labute approximate surface area is 138 Å². The second-order valence-electron chi connectivity index (χ2n) is 4.10. The van der Waals surface area contributed by atoms with Crippen LogP contribution in [0.1, 0.15) is 10.9 Å². The minimum atomic E-state index is -1.06. The number of rotatable bonds is 6. The lowest BCUT2D eigenvalue weighted by Crippen LogP contribution is -2.34. The Hall–Kier alpha value is -1.31. The molecule has 0 spiro atoms. The Bertz CT molecular complexity index is 614. The monoisotopic (exact) mass is 385 g/mol. The number of halogens is 1. The minimum Gasteiger partial charge on any atom is -0.479 e. The summed E-state index contributed by atoms with van der Waals surface area (Å²) in [6.45, 7) is 0. The maximum atomic E-state index is 11.9. The van der Waals surface area contributed by atoms with Gasteiger partial charge in [0.25, 0.3) is 0 Å². The number of amides is 1. The zero-order valence-corrected chi connectivity index (χ0v) is 14.0. The molecule has 1 aromatic heterocycles. The van der Waals surface area contributed by atoms with Crippen LogP contribution in [0.4, 0.5) is 0 Å². The fraction of sp³-hybridized carbons (Fsp3) is 0.143. The Morgan fingerprint density at radius 2 is 2.00 bits per heavy atom. The van der Waals surface area contributed by atoms with E-state index < -0.39 is 12.0 Å². The van der Waals surface area contributed by atoms with Gasteiger partial charge in [-0.15, -0.1) is 23.1 Å². The topological polar surface area (TPSA) is 66.4 Å². The molecule has 110 valence electrons. The number of carboxylic acids is 1. The number of nitrogens with one attached hydrogen (secondary N) is 1. The summed E-state index contributed by atoms with van der Waals surface area (Å²) in [6, 6.07) is 10.1. The smallest absolute Gasteiger partial charge is 0.331 e. The van der Waals surface area contributed by atoms with Gasteiger partial charge in [-0.05, 0) is 35.7 Å². The van der Waals surface area contributed by atoms with Crippen molar-refractivity contribution in [1.29, 1.82) is 0 Å². The molecular weight excluding hydrogens is 374 g/mol. The molecule has 2 rings (SSSR count). The number of hydrogen-bond acceptors (Lipinski definition) is 4. The van der Waals surface area contributed by atoms with Crippen LogP contribution in [0, 0.1) is 0 Å². The summed E-state index contributed by atoms with van der Waals surface area (Å²) in [5.41, 5.74) is 0. The summed E-state index contributed by atoms with van der Waals surface area (Å²) < 4.78 is 0.972. The summed E-state index contributed by atoms with van der Waals surface area (Å²) in [5, 5.41) is 13.5. The van der Waals surface area contributed by atoms with E-state index in [4.69, 9.17) is 0 Å². The van der Waals surface area contributed by atoms with Crippen LogP contribution >= 0.6 is 39.0 Å². The first-order valence-electron chi connectivity index (χ1n) is 6.00. The van der Waals surface area contributed by atoms with Crippen molar-refractivity contribution >= 4 is 50.9 Å². The van der Waals surface area contributed by atoms with Gasteiger partial charge in [0.2, 0.25) is 5.91 Å². The third-order valence-electron chi connectivity index (χ3n) is 2.56. The maximum Gasteiger partial charge on any atom is 0.331 e. The number of aliphatic carboxylic acids is 1. The third kappa shape index (κ3) is 4.87. The van der Waals surface area contributed by atoms with Crippen LogP contribution in [-0.4, -0.2) is 22.7 Å². The van der Waals surface area contributed by atoms with E-state index in [1.807, 2.05) is 24.3 Å². The van der Waals surface area contributed by atoms with Crippen LogP contribution in [0.5, 0.6) is 0 Å². The van der Waals surface area contributed by atoms with Gasteiger partial charge in [-0.25, -0.2) is 4.79 Å². The predicted octanol–water partition coefficient (Wildman–Crippen LogP) is 3.54. The van der Waals surface area contributed by atoms with E-state index in [-0.39, 0.29) is 11.7 Å². The second kappa shape index (κ2) is 7.63. The number of thioether (sulfide) groups is 1. The quantitative estimate of drug-likeness (QED) is 0.746. The summed E-state index contributed by atoms with van der Waals surface area (Å²) >= 11 is 6.02. The fourth-order valence-corrected chi connectivity index (χ4v) is 3.33. The van der Waals surface area contributed by atoms with Crippen LogP contribution in [0.3, 0.4) is 0 Å². The van der Waals surface area contributed by atoms with E-state index >= 15 is 0 Å². The normalized spacial score (nSPS) is 11.9. The Kier molecular flexibility index (Phi) is 5.84. The van der Waals surface area contributed by atoms with Crippen molar-refractivity contribution in [3.05, 3.63) is 51.1 Å². The second-order valence-corrected chi connectivity index (χ2v) is 7.04. The van der Waals surface area contributed by atoms with E-state index in [1.165, 1.54) is 23.1 Å². The fourth-order valence-electron chi connectivity index (χ4n) is 1.59. The van der Waals surface area contributed by atoms with E-state index in [2.05, 4.69) is 21.2 Å². The van der Waals surface area contributed by atoms with Crippen molar-refractivity contribution in [2.75, 3.05) is 5.75 Å². The molecule has 1 amide bonds. The van der Waals surface area contributed by atoms with Gasteiger partial charge in [-0.2, -0.15) is 0 Å². The lowest BCUT2D eigenvalue weighted by Gasteiger charge is -2.12. The molecule has 0 saturated carbocycles. The Morgan fingerprint density at radius 3 is 2.57 bits per heavy atom. The molecule has 0 aliphatic rings. The average molecular weight is 386 g/mol. The number of carbonyl (C=O) groups excluding carboxylic acids is 1. The molecule has 1 unspecified atom stereocenters. The first-order chi connectivity index (χ1) is 10.1. The number of benzene rings is 1. The molecule has 2 N–H and O–H groups in total. The van der Waals surface area contributed by atoms with Crippen molar-refractivity contribution in [2.24, 2.45) is 0 Å². The largest absolute Gasteiger partial charge is 0.479 e. The molecule has 0 fully saturated rings. The number of thiophene rings is 1. The van der Waals surface area contributed by atoms with Gasteiger partial charge in [-0.1, -0.05) is 22.0 Å². The van der Waals surface area contributed by atoms with Crippen LogP contribution < -0.4 is 5.32 Å². The summed E-state index contributed by atoms with van der Waals surface area (Å²) in [4.78, 5) is 24.7. The molecule has 1 aromatic carbocycles. The molecule has 0 aliphatic carbocycles. The number of carboxylic acid groups (broad SMARTS) is 1. The van der Waals surface area contributed by atoms with E-state index in [9.17, 15) is 14.7 Å². The van der Waals surface area contributed by atoms with Gasteiger partial charge < -0.3 is 10.4 Å². The van der Waals surface area contributed by atoms with E-state index in [1.54, 1.807) is 17.5 Å². The van der Waals surface area contributed by atoms with Gasteiger partial charge in [0.15, 0.2) is 6.04 Å². The van der Waals surface area contributed by atoms with Gasteiger partial charge in [0.05, 0.1) is 5.75 Å². The zero-order chi connectivity index (χ0) is 15.2. The van der Waals surface area contributed by atoms with Crippen molar-refractivity contribution in [1.82, 2.24) is 5.32 Å². The summed E-state index contributed by atoms with van der Waals surface area (Å²) in [7, 11) is 0. The van der Waals surface area contributed by atoms with E-state index in [0.717, 1.165) is 9.37 Å². The molecule has 0 aliphatic heterocycles. The summed E-state index contributed by atoms with van der Waals surface area (Å²) in [5.74, 6) is -1.18. The predicted molar refractivity (Wildman–Crippen MR) is 87.7 cm³/mol. The van der Waals surface area contributed by atoms with Crippen LogP contribution in [0.15, 0.2) is 51.1 Å². The highest BCUT2D eigenvalue weighted by atomic mass is 79.9. The first kappa shape index (κ1) is 16.1. The highest BCUT2D eigenvalue weighted by Gasteiger charge is 2.22. The minimum absolute atomic E-state index is 0.177. The molecule has 4 nitrogen and oxygen atoms in total. The molecule has 0 radical (unpaired) electrons. The molecule has 0 bridgehead atoms. The number of carbonyl (C=O) groups is 2. The van der Waals surface area contributed by atoms with Crippen molar-refractivity contribution in [2.45, 2.75) is 10.9 Å². The molecular formula is C14H12BrNO3S2. The van der Waals surface area contributed by atoms with Gasteiger partial charge in [0.1, 0.15) is 0 Å². The van der Waals surface area contributed by atoms with Crippen molar-refractivity contribution in [3.63, 3.8) is 0 Å². The SMILES string of the molecule is O=C(CSc1ccc(Br)cc1)NC(C(=O)O)c1cccs1. The van der Waals surface area contributed by atoms with Crippen LogP contribution in [0.25, 0.3) is 0 Å². The average Bonchev–Trinajstić information content (AvgIpc) is 2.97.